The molecule has 2 amide bonds. The van der Waals surface area contributed by atoms with E-state index in [9.17, 15) is 9.59 Å². The lowest BCUT2D eigenvalue weighted by Gasteiger charge is -2.11. The third-order valence-electron chi connectivity index (χ3n) is 4.08. The summed E-state index contributed by atoms with van der Waals surface area (Å²) in [4.78, 5) is 25.6. The van der Waals surface area contributed by atoms with Gasteiger partial charge in [-0.25, -0.2) is 0 Å². The minimum Gasteiger partial charge on any atom is -0.497 e. The molecule has 9 heteroatoms. The van der Waals surface area contributed by atoms with E-state index in [4.69, 9.17) is 16.3 Å². The molecule has 0 aliphatic carbocycles. The van der Waals surface area contributed by atoms with E-state index >= 15 is 0 Å². The number of nitrogens with one attached hydrogen (secondary N) is 2. The van der Waals surface area contributed by atoms with Crippen molar-refractivity contribution in [1.29, 1.82) is 0 Å². The highest BCUT2D eigenvalue weighted by atomic mass is 35.5. The molecule has 2 N–H and O–H groups in total. The lowest BCUT2D eigenvalue weighted by Crippen LogP contribution is -2.22. The molecule has 0 saturated carbocycles. The van der Waals surface area contributed by atoms with E-state index in [0.29, 0.717) is 22.1 Å². The minimum atomic E-state index is -0.312. The maximum atomic E-state index is 12.4. The van der Waals surface area contributed by atoms with Crippen molar-refractivity contribution in [3.8, 4) is 5.75 Å². The number of aromatic nitrogens is 2. The predicted octanol–water partition coefficient (Wildman–Crippen LogP) is 4.30. The van der Waals surface area contributed by atoms with E-state index in [0.717, 1.165) is 4.90 Å². The molecule has 0 bridgehead atoms. The van der Waals surface area contributed by atoms with Gasteiger partial charge < -0.3 is 15.4 Å². The molecule has 7 nitrogen and oxygen atoms in total. The second-order valence-corrected chi connectivity index (χ2v) is 8.26. The number of hydrogen-bond acceptors (Lipinski definition) is 5. The van der Waals surface area contributed by atoms with Crippen LogP contribution in [0.2, 0.25) is 5.02 Å². The molecule has 2 aromatic carbocycles. The number of benzene rings is 2. The van der Waals surface area contributed by atoms with Crippen molar-refractivity contribution < 1.29 is 14.3 Å². The van der Waals surface area contributed by atoms with Crippen molar-refractivity contribution in [2.75, 3.05) is 17.7 Å². The summed E-state index contributed by atoms with van der Waals surface area (Å²) >= 11 is 7.31. The zero-order valence-electron chi connectivity index (χ0n) is 16.5. The third kappa shape index (κ3) is 6.27. The van der Waals surface area contributed by atoms with Crippen molar-refractivity contribution in [3.63, 3.8) is 0 Å². The van der Waals surface area contributed by atoms with Crippen LogP contribution in [-0.2, 0) is 16.1 Å². The monoisotopic (exact) mass is 444 g/mol. The smallest absolute Gasteiger partial charge is 0.246 e. The Morgan fingerprint density at radius 2 is 1.80 bits per heavy atom. The second-order valence-electron chi connectivity index (χ2n) is 6.41. The van der Waals surface area contributed by atoms with Gasteiger partial charge in [0.05, 0.1) is 24.2 Å². The number of methoxy groups -OCH3 is 1. The van der Waals surface area contributed by atoms with Crippen LogP contribution in [0.25, 0.3) is 0 Å². The Bertz CT molecular complexity index is 1010. The van der Waals surface area contributed by atoms with Crippen LogP contribution in [-0.4, -0.2) is 34.0 Å². The first-order valence-electron chi connectivity index (χ1n) is 9.12. The van der Waals surface area contributed by atoms with Crippen LogP contribution in [0.3, 0.4) is 0 Å². The second kappa shape index (κ2) is 10.2. The number of nitrogens with zero attached hydrogens (tertiary/aromatic N) is 2. The van der Waals surface area contributed by atoms with Crippen LogP contribution in [0.1, 0.15) is 6.92 Å². The highest BCUT2D eigenvalue weighted by molar-refractivity contribution is 8.00. The van der Waals surface area contributed by atoms with Gasteiger partial charge in [0.1, 0.15) is 12.3 Å². The number of anilines is 2. The molecule has 0 fully saturated rings. The van der Waals surface area contributed by atoms with Crippen LogP contribution in [0.5, 0.6) is 5.75 Å². The first-order chi connectivity index (χ1) is 14.4. The largest absolute Gasteiger partial charge is 0.497 e. The number of halogens is 1. The first kappa shape index (κ1) is 21.7. The van der Waals surface area contributed by atoms with Crippen molar-refractivity contribution in [3.05, 3.63) is 65.9 Å². The van der Waals surface area contributed by atoms with Crippen LogP contribution >= 0.6 is 23.4 Å². The molecule has 3 aromatic rings. The van der Waals surface area contributed by atoms with Crippen LogP contribution in [0, 0.1) is 0 Å². The average Bonchev–Trinajstić information content (AvgIpc) is 3.16. The summed E-state index contributed by atoms with van der Waals surface area (Å²) in [6.07, 6.45) is 3.13. The molecule has 1 unspecified atom stereocenters. The molecule has 0 radical (unpaired) electrons. The van der Waals surface area contributed by atoms with Crippen LogP contribution < -0.4 is 15.4 Å². The normalized spacial score (nSPS) is 11.6. The Balaban J connectivity index is 1.50. The summed E-state index contributed by atoms with van der Waals surface area (Å²) in [6.45, 7) is 1.85. The highest BCUT2D eigenvalue weighted by Crippen LogP contribution is 2.25. The fraction of sp³-hybridized carbons (Fsp3) is 0.190. The topological polar surface area (TPSA) is 85.2 Å². The Kier molecular flexibility index (Phi) is 7.37. The molecule has 1 heterocycles. The molecule has 1 aromatic heterocycles. The number of amides is 2. The molecular weight excluding hydrogens is 424 g/mol. The van der Waals surface area contributed by atoms with Gasteiger partial charge in [0.2, 0.25) is 11.8 Å². The molecule has 0 spiro atoms. The third-order valence-corrected chi connectivity index (χ3v) is 5.44. The maximum absolute atomic E-state index is 12.4. The average molecular weight is 445 g/mol. The molecule has 0 saturated heterocycles. The van der Waals surface area contributed by atoms with Gasteiger partial charge in [0, 0.05) is 21.8 Å². The highest BCUT2D eigenvalue weighted by Gasteiger charge is 2.16. The van der Waals surface area contributed by atoms with Gasteiger partial charge in [-0.1, -0.05) is 11.6 Å². The standard InChI is InChI=1S/C21H21ClN4O3S/c1-14(30-19-9-3-15(22)4-10-19)21(28)25-17-11-23-26(12-17)13-20(27)24-16-5-7-18(29-2)8-6-16/h3-12,14H,13H2,1-2H3,(H,24,27)(H,25,28). The van der Waals surface area contributed by atoms with Crippen molar-refractivity contribution in [1.82, 2.24) is 9.78 Å². The molecule has 0 aliphatic heterocycles. The first-order valence-corrected chi connectivity index (χ1v) is 10.4. The Morgan fingerprint density at radius 3 is 2.47 bits per heavy atom. The zero-order valence-corrected chi connectivity index (χ0v) is 18.0. The van der Waals surface area contributed by atoms with E-state index in [-0.39, 0.29) is 23.6 Å². The fourth-order valence-corrected chi connectivity index (χ4v) is 3.54. The Labute approximate surface area is 183 Å². The van der Waals surface area contributed by atoms with Crippen molar-refractivity contribution in [2.24, 2.45) is 0 Å². The fourth-order valence-electron chi connectivity index (χ4n) is 2.55. The quantitative estimate of drug-likeness (QED) is 0.506. The van der Waals surface area contributed by atoms with E-state index in [1.165, 1.54) is 22.6 Å². The van der Waals surface area contributed by atoms with Gasteiger partial charge in [-0.15, -0.1) is 11.8 Å². The Morgan fingerprint density at radius 1 is 1.10 bits per heavy atom. The minimum absolute atomic E-state index is 0.0248. The number of ether oxygens (including phenoxy) is 1. The summed E-state index contributed by atoms with van der Waals surface area (Å²) < 4.78 is 6.55. The summed E-state index contributed by atoms with van der Waals surface area (Å²) in [5.74, 6) is 0.328. The number of carbonyl (C=O) groups is 2. The van der Waals surface area contributed by atoms with E-state index < -0.39 is 0 Å². The molecule has 3 rings (SSSR count). The van der Waals surface area contributed by atoms with Crippen molar-refractivity contribution in [2.45, 2.75) is 23.6 Å². The van der Waals surface area contributed by atoms with Crippen LogP contribution in [0.4, 0.5) is 11.4 Å². The molecular formula is C21H21ClN4O3S. The van der Waals surface area contributed by atoms with E-state index in [1.54, 1.807) is 49.7 Å². The summed E-state index contributed by atoms with van der Waals surface area (Å²) in [7, 11) is 1.58. The summed E-state index contributed by atoms with van der Waals surface area (Å²) in [6, 6.07) is 14.4. The van der Waals surface area contributed by atoms with Gasteiger partial charge in [-0.2, -0.15) is 5.10 Å². The van der Waals surface area contributed by atoms with Gasteiger partial charge in [-0.05, 0) is 55.5 Å². The molecule has 0 aliphatic rings. The summed E-state index contributed by atoms with van der Waals surface area (Å²) in [5.41, 5.74) is 1.19. The number of thioether (sulfide) groups is 1. The Hall–Kier alpha value is -2.97. The maximum Gasteiger partial charge on any atom is 0.246 e. The number of rotatable bonds is 8. The van der Waals surface area contributed by atoms with Gasteiger partial charge in [-0.3, -0.25) is 14.3 Å². The molecule has 30 heavy (non-hydrogen) atoms. The summed E-state index contributed by atoms with van der Waals surface area (Å²) in [5, 5.41) is 10.1. The van der Waals surface area contributed by atoms with Gasteiger partial charge in [0.25, 0.3) is 0 Å². The SMILES string of the molecule is COc1ccc(NC(=O)Cn2cc(NC(=O)C(C)Sc3ccc(Cl)cc3)cn2)cc1. The molecule has 1 atom stereocenters. The van der Waals surface area contributed by atoms with E-state index in [1.807, 2.05) is 19.1 Å². The lowest BCUT2D eigenvalue weighted by molar-refractivity contribution is -0.117. The lowest BCUT2D eigenvalue weighted by atomic mass is 10.3. The van der Waals surface area contributed by atoms with E-state index in [2.05, 4.69) is 15.7 Å². The number of hydrogen-bond donors (Lipinski definition) is 2. The van der Waals surface area contributed by atoms with Gasteiger partial charge in [0.15, 0.2) is 0 Å². The zero-order chi connectivity index (χ0) is 21.5. The molecule has 156 valence electrons. The number of carbonyl (C=O) groups excluding carboxylic acids is 2. The van der Waals surface area contributed by atoms with Gasteiger partial charge >= 0.3 is 0 Å². The predicted molar refractivity (Wildman–Crippen MR) is 119 cm³/mol. The van der Waals surface area contributed by atoms with Crippen molar-refractivity contribution >= 4 is 46.6 Å². The van der Waals surface area contributed by atoms with Crippen LogP contribution in [0.15, 0.2) is 65.8 Å².